The van der Waals surface area contributed by atoms with E-state index < -0.39 is 0 Å². The van der Waals surface area contributed by atoms with E-state index in [9.17, 15) is 0 Å². The van der Waals surface area contributed by atoms with Crippen molar-refractivity contribution in [1.82, 2.24) is 0 Å². The molecule has 1 nitrogen and oxygen atoms in total. The standard InChI is InChI=1S/C44H29NS/c1-3-10-30(11-4-1)32-18-23-35(24-19-32)45(36-25-20-33(21-26-36)31-12-5-2-6-13-31)42-16-9-15-37-38(42)27-22-34-28-41-39-14-7-8-17-43(39)46-44(41)29-40(34)37/h1-29H. The third-order valence-corrected chi connectivity index (χ3v) is 10.2. The first-order valence-electron chi connectivity index (χ1n) is 15.7. The molecule has 0 aliphatic carbocycles. The number of hydrogen-bond donors (Lipinski definition) is 0. The molecule has 1 aromatic heterocycles. The van der Waals surface area contributed by atoms with Crippen LogP contribution in [-0.4, -0.2) is 0 Å². The summed E-state index contributed by atoms with van der Waals surface area (Å²) in [7, 11) is 0. The Balaban J connectivity index is 1.23. The first kappa shape index (κ1) is 26.7. The van der Waals surface area contributed by atoms with Crippen molar-refractivity contribution >= 4 is 70.1 Å². The first-order chi connectivity index (χ1) is 22.8. The molecular weight excluding hydrogens is 575 g/mol. The molecule has 216 valence electrons. The van der Waals surface area contributed by atoms with Gasteiger partial charge in [-0.3, -0.25) is 0 Å². The summed E-state index contributed by atoms with van der Waals surface area (Å²) in [6.07, 6.45) is 0. The van der Waals surface area contributed by atoms with Crippen LogP contribution in [-0.2, 0) is 0 Å². The number of rotatable bonds is 5. The van der Waals surface area contributed by atoms with Crippen molar-refractivity contribution < 1.29 is 0 Å². The van der Waals surface area contributed by atoms with E-state index in [0.29, 0.717) is 0 Å². The van der Waals surface area contributed by atoms with Crippen LogP contribution in [0.2, 0.25) is 0 Å². The highest BCUT2D eigenvalue weighted by Gasteiger charge is 2.17. The van der Waals surface area contributed by atoms with Gasteiger partial charge < -0.3 is 4.90 Å². The molecule has 8 aromatic carbocycles. The fraction of sp³-hybridized carbons (Fsp3) is 0. The fourth-order valence-electron chi connectivity index (χ4n) is 6.78. The second-order valence-electron chi connectivity index (χ2n) is 11.8. The molecule has 0 bridgehead atoms. The molecule has 0 saturated carbocycles. The van der Waals surface area contributed by atoms with Gasteiger partial charge in [0.05, 0.1) is 5.69 Å². The molecule has 46 heavy (non-hydrogen) atoms. The Hall–Kier alpha value is -5.70. The Morgan fingerprint density at radius 3 is 1.54 bits per heavy atom. The minimum atomic E-state index is 1.12. The summed E-state index contributed by atoms with van der Waals surface area (Å²) in [5.74, 6) is 0. The monoisotopic (exact) mass is 603 g/mol. The van der Waals surface area contributed by atoms with Crippen LogP contribution in [0.5, 0.6) is 0 Å². The molecule has 0 spiro atoms. The van der Waals surface area contributed by atoms with Gasteiger partial charge in [0.2, 0.25) is 0 Å². The third-order valence-electron chi connectivity index (χ3n) is 9.06. The van der Waals surface area contributed by atoms with Crippen LogP contribution in [0.4, 0.5) is 17.1 Å². The molecule has 0 fully saturated rings. The van der Waals surface area contributed by atoms with Crippen LogP contribution in [0, 0.1) is 0 Å². The maximum Gasteiger partial charge on any atom is 0.0540 e. The van der Waals surface area contributed by atoms with E-state index in [1.54, 1.807) is 0 Å². The molecule has 0 saturated heterocycles. The molecule has 0 radical (unpaired) electrons. The average molecular weight is 604 g/mol. The predicted molar refractivity (Wildman–Crippen MR) is 200 cm³/mol. The quantitative estimate of drug-likeness (QED) is 0.177. The highest BCUT2D eigenvalue weighted by atomic mass is 32.1. The SMILES string of the molecule is c1ccc(-c2ccc(N(c3ccc(-c4ccccc4)cc3)c3cccc4c3ccc3cc5c(cc34)sc3ccccc35)cc2)cc1. The molecular formula is C44H29NS. The molecule has 0 aliphatic heterocycles. The molecule has 9 aromatic rings. The number of benzene rings is 8. The first-order valence-corrected chi connectivity index (χ1v) is 16.5. The molecule has 9 rings (SSSR count). The predicted octanol–water partition coefficient (Wildman–Crippen LogP) is 13.2. The van der Waals surface area contributed by atoms with Gasteiger partial charge in [0, 0.05) is 36.9 Å². The minimum absolute atomic E-state index is 1.12. The van der Waals surface area contributed by atoms with Crippen LogP contribution in [0.25, 0.3) is 64.0 Å². The maximum absolute atomic E-state index is 2.40. The van der Waals surface area contributed by atoms with Gasteiger partial charge in [-0.2, -0.15) is 0 Å². The lowest BCUT2D eigenvalue weighted by atomic mass is 9.98. The fourth-order valence-corrected chi connectivity index (χ4v) is 7.91. The lowest BCUT2D eigenvalue weighted by Gasteiger charge is -2.27. The van der Waals surface area contributed by atoms with Gasteiger partial charge in [-0.25, -0.2) is 0 Å². The lowest BCUT2D eigenvalue weighted by molar-refractivity contribution is 1.30. The van der Waals surface area contributed by atoms with Crippen molar-refractivity contribution in [3.05, 3.63) is 176 Å². The van der Waals surface area contributed by atoms with Crippen LogP contribution >= 0.6 is 11.3 Å². The van der Waals surface area contributed by atoms with Gasteiger partial charge >= 0.3 is 0 Å². The van der Waals surface area contributed by atoms with Crippen molar-refractivity contribution in [1.29, 1.82) is 0 Å². The summed E-state index contributed by atoms with van der Waals surface area (Å²) in [4.78, 5) is 2.40. The molecule has 0 amide bonds. The summed E-state index contributed by atoms with van der Waals surface area (Å²) in [6.45, 7) is 0. The van der Waals surface area contributed by atoms with E-state index in [0.717, 1.165) is 17.1 Å². The van der Waals surface area contributed by atoms with Crippen LogP contribution in [0.15, 0.2) is 176 Å². The molecule has 0 atom stereocenters. The van der Waals surface area contributed by atoms with Gasteiger partial charge in [-0.15, -0.1) is 11.3 Å². The smallest absolute Gasteiger partial charge is 0.0540 e. The number of anilines is 3. The van der Waals surface area contributed by atoms with E-state index in [1.807, 2.05) is 11.3 Å². The van der Waals surface area contributed by atoms with Crippen LogP contribution in [0.3, 0.4) is 0 Å². The molecule has 0 aliphatic rings. The molecule has 1 heterocycles. The van der Waals surface area contributed by atoms with E-state index in [2.05, 4.69) is 181 Å². The van der Waals surface area contributed by atoms with Crippen LogP contribution in [0.1, 0.15) is 0 Å². The second kappa shape index (κ2) is 11.0. The van der Waals surface area contributed by atoms with Crippen molar-refractivity contribution in [3.8, 4) is 22.3 Å². The van der Waals surface area contributed by atoms with Crippen LogP contribution < -0.4 is 4.90 Å². The zero-order chi connectivity index (χ0) is 30.5. The molecule has 2 heteroatoms. The van der Waals surface area contributed by atoms with Gasteiger partial charge in [0.25, 0.3) is 0 Å². The number of hydrogen-bond acceptors (Lipinski definition) is 2. The Kier molecular flexibility index (Phi) is 6.40. The van der Waals surface area contributed by atoms with Gasteiger partial charge in [0.1, 0.15) is 0 Å². The largest absolute Gasteiger partial charge is 0.310 e. The topological polar surface area (TPSA) is 3.24 Å². The minimum Gasteiger partial charge on any atom is -0.310 e. The Morgan fingerprint density at radius 1 is 0.326 bits per heavy atom. The van der Waals surface area contributed by atoms with Gasteiger partial charge in [-0.05, 0) is 86.9 Å². The van der Waals surface area contributed by atoms with E-state index >= 15 is 0 Å². The number of nitrogens with zero attached hydrogens (tertiary/aromatic N) is 1. The summed E-state index contributed by atoms with van der Waals surface area (Å²) < 4.78 is 2.67. The molecule has 0 unspecified atom stereocenters. The number of thiophene rings is 1. The third kappa shape index (κ3) is 4.54. The summed E-state index contributed by atoms with van der Waals surface area (Å²) in [5, 5.41) is 7.73. The Labute approximate surface area is 272 Å². The Bertz CT molecular complexity index is 2410. The van der Waals surface area contributed by atoms with Gasteiger partial charge in [-0.1, -0.05) is 127 Å². The Morgan fingerprint density at radius 2 is 0.891 bits per heavy atom. The maximum atomic E-state index is 2.40. The number of fused-ring (bicyclic) bond motifs is 6. The zero-order valence-corrected chi connectivity index (χ0v) is 25.9. The highest BCUT2D eigenvalue weighted by molar-refractivity contribution is 7.25. The van der Waals surface area contributed by atoms with Gasteiger partial charge in [0.15, 0.2) is 0 Å². The lowest BCUT2D eigenvalue weighted by Crippen LogP contribution is -2.10. The molecule has 0 N–H and O–H groups in total. The van der Waals surface area contributed by atoms with E-state index in [1.165, 1.54) is 64.0 Å². The van der Waals surface area contributed by atoms with E-state index in [-0.39, 0.29) is 0 Å². The van der Waals surface area contributed by atoms with Crippen molar-refractivity contribution in [2.24, 2.45) is 0 Å². The zero-order valence-electron chi connectivity index (χ0n) is 25.1. The second-order valence-corrected chi connectivity index (χ2v) is 12.9. The summed E-state index contributed by atoms with van der Waals surface area (Å²) in [6, 6.07) is 63.9. The van der Waals surface area contributed by atoms with Crippen molar-refractivity contribution in [2.45, 2.75) is 0 Å². The highest BCUT2D eigenvalue weighted by Crippen LogP contribution is 2.43. The average Bonchev–Trinajstić information content (AvgIpc) is 3.50. The van der Waals surface area contributed by atoms with Crippen molar-refractivity contribution in [2.75, 3.05) is 4.90 Å². The normalized spacial score (nSPS) is 11.5. The summed E-state index contributed by atoms with van der Waals surface area (Å²) >= 11 is 1.88. The van der Waals surface area contributed by atoms with Crippen molar-refractivity contribution in [3.63, 3.8) is 0 Å². The summed E-state index contributed by atoms with van der Waals surface area (Å²) in [5.41, 5.74) is 8.27. The van der Waals surface area contributed by atoms with E-state index in [4.69, 9.17) is 0 Å².